The van der Waals surface area contributed by atoms with Gasteiger partial charge >= 0.3 is 5.97 Å². The van der Waals surface area contributed by atoms with Crippen LogP contribution < -0.4 is 9.47 Å². The topological polar surface area (TPSA) is 35.5 Å². The van der Waals surface area contributed by atoms with Crippen molar-refractivity contribution in [2.75, 3.05) is 6.61 Å². The van der Waals surface area contributed by atoms with Gasteiger partial charge < -0.3 is 9.47 Å². The number of hydrogen-bond acceptors (Lipinski definition) is 3. The maximum atomic E-state index is 11.4. The normalized spacial score (nSPS) is 13.8. The molecule has 3 heteroatoms. The summed E-state index contributed by atoms with van der Waals surface area (Å²) in [5, 5.41) is 0. The van der Waals surface area contributed by atoms with Crippen LogP contribution in [-0.2, 0) is 4.79 Å². The molecule has 3 nitrogen and oxygen atoms in total. The summed E-state index contributed by atoms with van der Waals surface area (Å²) < 4.78 is 11.4. The highest BCUT2D eigenvalue weighted by Gasteiger charge is 2.14. The molecule has 2 unspecified atom stereocenters. The first-order valence-corrected chi connectivity index (χ1v) is 13.6. The Morgan fingerprint density at radius 2 is 1.41 bits per heavy atom. The van der Waals surface area contributed by atoms with Crippen LogP contribution in [0.25, 0.3) is 0 Å². The van der Waals surface area contributed by atoms with E-state index in [4.69, 9.17) is 9.47 Å². The van der Waals surface area contributed by atoms with Crippen LogP contribution in [0.1, 0.15) is 116 Å². The number of aryl methyl sites for hydroxylation is 1. The van der Waals surface area contributed by atoms with Crippen molar-refractivity contribution in [2.24, 2.45) is 17.8 Å². The van der Waals surface area contributed by atoms with Crippen LogP contribution in [0.15, 0.2) is 17.7 Å². The van der Waals surface area contributed by atoms with E-state index in [2.05, 4.69) is 40.7 Å². The Balaban J connectivity index is 2.32. The van der Waals surface area contributed by atoms with Crippen molar-refractivity contribution < 1.29 is 14.3 Å². The van der Waals surface area contributed by atoms with E-state index in [0.717, 1.165) is 46.6 Å². The number of rotatable bonds is 16. The van der Waals surface area contributed by atoms with Gasteiger partial charge in [0.15, 0.2) is 0 Å². The molecule has 2 atom stereocenters. The van der Waals surface area contributed by atoms with Crippen molar-refractivity contribution in [2.45, 2.75) is 120 Å². The van der Waals surface area contributed by atoms with Crippen molar-refractivity contribution in [3.8, 4) is 11.5 Å². The summed E-state index contributed by atoms with van der Waals surface area (Å²) in [5.41, 5.74) is 4.31. The average molecular weight is 473 g/mol. The first-order valence-electron chi connectivity index (χ1n) is 13.6. The summed E-state index contributed by atoms with van der Waals surface area (Å²) in [4.78, 5) is 11.4. The molecule has 0 aromatic heterocycles. The minimum Gasteiger partial charge on any atom is -0.489 e. The number of esters is 1. The second kappa shape index (κ2) is 16.0. The quantitative estimate of drug-likeness (QED) is 0.137. The van der Waals surface area contributed by atoms with Crippen molar-refractivity contribution in [3.05, 3.63) is 34.4 Å². The van der Waals surface area contributed by atoms with Gasteiger partial charge in [-0.05, 0) is 87.1 Å². The fraction of sp³-hybridized carbons (Fsp3) is 0.710. The summed E-state index contributed by atoms with van der Waals surface area (Å²) in [7, 11) is 0. The molecule has 0 radical (unpaired) electrons. The van der Waals surface area contributed by atoms with Crippen molar-refractivity contribution in [1.82, 2.24) is 0 Å². The predicted octanol–water partition coefficient (Wildman–Crippen LogP) is 9.30. The molecule has 0 saturated carbocycles. The molecule has 0 aliphatic rings. The summed E-state index contributed by atoms with van der Waals surface area (Å²) in [6.45, 7) is 19.7. The first-order chi connectivity index (χ1) is 16.0. The van der Waals surface area contributed by atoms with Crippen LogP contribution in [0.3, 0.4) is 0 Å². The molecule has 1 rings (SSSR count). The van der Waals surface area contributed by atoms with E-state index in [9.17, 15) is 4.79 Å². The van der Waals surface area contributed by atoms with Gasteiger partial charge in [-0.3, -0.25) is 4.79 Å². The zero-order valence-corrected chi connectivity index (χ0v) is 23.7. The van der Waals surface area contributed by atoms with Crippen LogP contribution >= 0.6 is 0 Å². The fourth-order valence-corrected chi connectivity index (χ4v) is 4.56. The number of allylic oxidation sites excluding steroid dienone is 1. The Hall–Kier alpha value is -1.77. The van der Waals surface area contributed by atoms with Gasteiger partial charge in [-0.25, -0.2) is 0 Å². The lowest BCUT2D eigenvalue weighted by Crippen LogP contribution is -2.07. The van der Waals surface area contributed by atoms with Gasteiger partial charge in [0.25, 0.3) is 0 Å². The first kappa shape index (κ1) is 30.3. The van der Waals surface area contributed by atoms with E-state index in [-0.39, 0.29) is 5.97 Å². The Labute approximate surface area is 210 Å². The Morgan fingerprint density at radius 1 is 0.853 bits per heavy atom. The maximum Gasteiger partial charge on any atom is 0.308 e. The van der Waals surface area contributed by atoms with E-state index in [1.807, 2.05) is 26.8 Å². The van der Waals surface area contributed by atoms with Crippen LogP contribution in [0.5, 0.6) is 11.5 Å². The summed E-state index contributed by atoms with van der Waals surface area (Å²) >= 11 is 0. The van der Waals surface area contributed by atoms with E-state index in [0.29, 0.717) is 12.4 Å². The van der Waals surface area contributed by atoms with Crippen molar-refractivity contribution >= 4 is 5.97 Å². The molecule has 0 aliphatic heterocycles. The van der Waals surface area contributed by atoms with Gasteiger partial charge in [0.05, 0.1) is 0 Å². The van der Waals surface area contributed by atoms with E-state index < -0.39 is 0 Å². The summed E-state index contributed by atoms with van der Waals surface area (Å²) in [6.07, 6.45) is 14.2. The number of carbonyl (C=O) groups is 1. The molecule has 0 saturated heterocycles. The van der Waals surface area contributed by atoms with Gasteiger partial charge in [-0.15, -0.1) is 0 Å². The van der Waals surface area contributed by atoms with E-state index >= 15 is 0 Å². The highest BCUT2D eigenvalue weighted by molar-refractivity contribution is 5.71. The molecule has 0 heterocycles. The molecular weight excluding hydrogens is 420 g/mol. The SMILES string of the molecule is CC(=O)Oc1c(C)cc(OC/C=C(\C)CCCC(C)CCCC(C)CCCC(C)C)c(C)c1C. The lowest BCUT2D eigenvalue weighted by atomic mass is 9.91. The second-order valence-electron chi connectivity index (χ2n) is 11.1. The zero-order chi connectivity index (χ0) is 25.7. The lowest BCUT2D eigenvalue weighted by Gasteiger charge is -2.16. The van der Waals surface area contributed by atoms with Crippen LogP contribution in [0, 0.1) is 38.5 Å². The number of carbonyl (C=O) groups excluding carboxylic acids is 1. The van der Waals surface area contributed by atoms with Gasteiger partial charge in [0.2, 0.25) is 0 Å². The van der Waals surface area contributed by atoms with Crippen LogP contribution in [0.4, 0.5) is 0 Å². The molecule has 0 bridgehead atoms. The van der Waals surface area contributed by atoms with Gasteiger partial charge in [-0.1, -0.05) is 78.2 Å². The monoisotopic (exact) mass is 472 g/mol. The standard InChI is InChI=1S/C31H52O3/c1-22(2)13-10-14-23(3)15-11-16-24(4)17-12-18-25(5)19-20-33-30-21-26(6)31(34-29(9)32)28(8)27(30)7/h19,21-24H,10-18,20H2,1-9H3/b25-19+. The molecule has 0 spiro atoms. The number of hydrogen-bond donors (Lipinski definition) is 0. The number of benzene rings is 1. The Bertz CT molecular complexity index is 775. The van der Waals surface area contributed by atoms with Crippen molar-refractivity contribution in [1.29, 1.82) is 0 Å². The summed E-state index contributed by atoms with van der Waals surface area (Å²) in [5.74, 6) is 3.76. The van der Waals surface area contributed by atoms with E-state index in [1.54, 1.807) is 0 Å². The average Bonchev–Trinajstić information content (AvgIpc) is 2.74. The second-order valence-corrected chi connectivity index (χ2v) is 11.1. The molecule has 0 aliphatic carbocycles. The van der Waals surface area contributed by atoms with Crippen LogP contribution in [0.2, 0.25) is 0 Å². The maximum absolute atomic E-state index is 11.4. The highest BCUT2D eigenvalue weighted by Crippen LogP contribution is 2.33. The third kappa shape index (κ3) is 12.1. The Morgan fingerprint density at radius 3 is 1.97 bits per heavy atom. The molecule has 1 aromatic carbocycles. The number of ether oxygens (including phenoxy) is 2. The summed E-state index contributed by atoms with van der Waals surface area (Å²) in [6, 6.07) is 1.97. The lowest BCUT2D eigenvalue weighted by molar-refractivity contribution is -0.131. The molecule has 1 aromatic rings. The van der Waals surface area contributed by atoms with Crippen LogP contribution in [-0.4, -0.2) is 12.6 Å². The minimum absolute atomic E-state index is 0.293. The van der Waals surface area contributed by atoms with Gasteiger partial charge in [-0.2, -0.15) is 0 Å². The third-order valence-corrected chi connectivity index (χ3v) is 7.04. The van der Waals surface area contributed by atoms with Crippen molar-refractivity contribution in [3.63, 3.8) is 0 Å². The fourth-order valence-electron chi connectivity index (χ4n) is 4.56. The highest BCUT2D eigenvalue weighted by atomic mass is 16.5. The molecule has 0 N–H and O–H groups in total. The molecule has 194 valence electrons. The zero-order valence-electron chi connectivity index (χ0n) is 23.7. The van der Waals surface area contributed by atoms with Gasteiger partial charge in [0, 0.05) is 6.92 Å². The third-order valence-electron chi connectivity index (χ3n) is 7.04. The smallest absolute Gasteiger partial charge is 0.308 e. The molecular formula is C31H52O3. The molecule has 0 amide bonds. The molecule has 34 heavy (non-hydrogen) atoms. The largest absolute Gasteiger partial charge is 0.489 e. The Kier molecular flexibility index (Phi) is 14.2. The molecule has 0 fully saturated rings. The minimum atomic E-state index is -0.293. The predicted molar refractivity (Wildman–Crippen MR) is 146 cm³/mol. The van der Waals surface area contributed by atoms with E-state index in [1.165, 1.54) is 63.9 Å². The van der Waals surface area contributed by atoms with Gasteiger partial charge in [0.1, 0.15) is 18.1 Å².